The number of aliphatic carboxylic acids is 1. The minimum absolute atomic E-state index is 0.102. The highest BCUT2D eigenvalue weighted by Gasteiger charge is 2.28. The molecule has 108 valence electrons. The molecule has 1 amide bonds. The maximum absolute atomic E-state index is 12.3. The van der Waals surface area contributed by atoms with E-state index in [0.29, 0.717) is 35.0 Å². The maximum Gasteiger partial charge on any atom is 0.308 e. The Balaban J connectivity index is 2.06. The highest BCUT2D eigenvalue weighted by atomic mass is 35.5. The summed E-state index contributed by atoms with van der Waals surface area (Å²) in [4.78, 5) is 24.8. The third kappa shape index (κ3) is 3.44. The molecule has 1 aliphatic rings. The molecule has 6 heteroatoms. The van der Waals surface area contributed by atoms with Gasteiger partial charge in [0, 0.05) is 23.1 Å². The van der Waals surface area contributed by atoms with Crippen LogP contribution in [0.5, 0.6) is 0 Å². The van der Waals surface area contributed by atoms with Crippen molar-refractivity contribution in [1.82, 2.24) is 4.90 Å². The SMILES string of the molecule is O=C(O)C1CCCN(C(=O)Cc2c(Cl)cccc2Cl)C1. The number of nitrogens with zero attached hydrogens (tertiary/aromatic N) is 1. The first-order valence-corrected chi connectivity index (χ1v) is 7.18. The van der Waals surface area contributed by atoms with Crippen LogP contribution in [0, 0.1) is 5.92 Å². The van der Waals surface area contributed by atoms with Gasteiger partial charge in [0.2, 0.25) is 5.91 Å². The number of amides is 1. The Labute approximate surface area is 127 Å². The van der Waals surface area contributed by atoms with E-state index in [1.54, 1.807) is 23.1 Å². The number of benzene rings is 1. The van der Waals surface area contributed by atoms with Gasteiger partial charge in [-0.1, -0.05) is 29.3 Å². The van der Waals surface area contributed by atoms with Crippen molar-refractivity contribution in [2.45, 2.75) is 19.3 Å². The smallest absolute Gasteiger partial charge is 0.308 e. The van der Waals surface area contributed by atoms with Crippen LogP contribution in [0.15, 0.2) is 18.2 Å². The minimum atomic E-state index is -0.849. The molecule has 1 heterocycles. The summed E-state index contributed by atoms with van der Waals surface area (Å²) < 4.78 is 0. The Kier molecular flexibility index (Phi) is 4.89. The van der Waals surface area contributed by atoms with Gasteiger partial charge in [0.05, 0.1) is 12.3 Å². The molecule has 20 heavy (non-hydrogen) atoms. The van der Waals surface area contributed by atoms with Crippen molar-refractivity contribution in [3.63, 3.8) is 0 Å². The summed E-state index contributed by atoms with van der Waals surface area (Å²) in [6, 6.07) is 5.10. The first kappa shape index (κ1) is 15.1. The van der Waals surface area contributed by atoms with E-state index in [-0.39, 0.29) is 18.9 Å². The predicted octanol–water partition coefficient (Wildman–Crippen LogP) is 2.86. The molecule has 1 aromatic rings. The normalized spacial score (nSPS) is 18.9. The lowest BCUT2D eigenvalue weighted by Gasteiger charge is -2.31. The molecule has 0 aromatic heterocycles. The Morgan fingerprint density at radius 3 is 2.55 bits per heavy atom. The quantitative estimate of drug-likeness (QED) is 0.933. The van der Waals surface area contributed by atoms with Crippen LogP contribution in [0.2, 0.25) is 10.0 Å². The average molecular weight is 316 g/mol. The zero-order valence-electron chi connectivity index (χ0n) is 10.8. The van der Waals surface area contributed by atoms with Gasteiger partial charge in [-0.05, 0) is 30.5 Å². The summed E-state index contributed by atoms with van der Waals surface area (Å²) in [6.45, 7) is 0.848. The Bertz CT molecular complexity index is 513. The van der Waals surface area contributed by atoms with Gasteiger partial charge in [-0.3, -0.25) is 9.59 Å². The molecule has 1 aromatic carbocycles. The molecule has 0 spiro atoms. The molecule has 2 rings (SSSR count). The minimum Gasteiger partial charge on any atom is -0.481 e. The van der Waals surface area contributed by atoms with Crippen molar-refractivity contribution in [3.8, 4) is 0 Å². The maximum atomic E-state index is 12.3. The Hall–Kier alpha value is -1.26. The molecule has 0 bridgehead atoms. The van der Waals surface area contributed by atoms with Gasteiger partial charge in [0.25, 0.3) is 0 Å². The standard InChI is InChI=1S/C14H15Cl2NO3/c15-11-4-1-5-12(16)10(11)7-13(18)17-6-2-3-9(8-17)14(19)20/h1,4-5,9H,2-3,6-8H2,(H,19,20). The Morgan fingerprint density at radius 2 is 1.95 bits per heavy atom. The number of halogens is 2. The fourth-order valence-electron chi connectivity index (χ4n) is 2.37. The topological polar surface area (TPSA) is 57.6 Å². The number of carbonyl (C=O) groups is 2. The second-order valence-electron chi connectivity index (χ2n) is 4.89. The van der Waals surface area contributed by atoms with Crippen molar-refractivity contribution in [2.24, 2.45) is 5.92 Å². The van der Waals surface area contributed by atoms with Crippen LogP contribution in [0.25, 0.3) is 0 Å². The summed E-state index contributed by atoms with van der Waals surface area (Å²) in [5.74, 6) is -1.46. The van der Waals surface area contributed by atoms with E-state index >= 15 is 0 Å². The number of hydrogen-bond acceptors (Lipinski definition) is 2. The molecular weight excluding hydrogens is 301 g/mol. The van der Waals surface area contributed by atoms with E-state index in [2.05, 4.69) is 0 Å². The van der Waals surface area contributed by atoms with Crippen molar-refractivity contribution in [1.29, 1.82) is 0 Å². The van der Waals surface area contributed by atoms with Crippen molar-refractivity contribution >= 4 is 35.1 Å². The van der Waals surface area contributed by atoms with Gasteiger partial charge in [-0.2, -0.15) is 0 Å². The number of carbonyl (C=O) groups excluding carboxylic acids is 1. The lowest BCUT2D eigenvalue weighted by molar-refractivity contribution is -0.145. The summed E-state index contributed by atoms with van der Waals surface area (Å²) in [5, 5.41) is 9.95. The second kappa shape index (κ2) is 6.46. The summed E-state index contributed by atoms with van der Waals surface area (Å²) in [5.41, 5.74) is 0.596. The molecular formula is C14H15Cl2NO3. The molecule has 1 atom stereocenters. The summed E-state index contributed by atoms with van der Waals surface area (Å²) in [7, 11) is 0. The lowest BCUT2D eigenvalue weighted by atomic mass is 9.97. The van der Waals surface area contributed by atoms with Gasteiger partial charge < -0.3 is 10.0 Å². The van der Waals surface area contributed by atoms with E-state index in [0.717, 1.165) is 0 Å². The molecule has 0 aliphatic carbocycles. The third-order valence-corrected chi connectivity index (χ3v) is 4.22. The number of hydrogen-bond donors (Lipinski definition) is 1. The van der Waals surface area contributed by atoms with Gasteiger partial charge in [-0.15, -0.1) is 0 Å². The van der Waals surface area contributed by atoms with Crippen LogP contribution in [0.4, 0.5) is 0 Å². The summed E-state index contributed by atoms with van der Waals surface area (Å²) in [6.07, 6.45) is 1.43. The van der Waals surface area contributed by atoms with E-state index < -0.39 is 11.9 Å². The van der Waals surface area contributed by atoms with Crippen molar-refractivity contribution in [2.75, 3.05) is 13.1 Å². The van der Waals surface area contributed by atoms with Crippen LogP contribution in [-0.2, 0) is 16.0 Å². The van der Waals surface area contributed by atoms with E-state index in [4.69, 9.17) is 28.3 Å². The zero-order chi connectivity index (χ0) is 14.7. The van der Waals surface area contributed by atoms with Crippen LogP contribution in [-0.4, -0.2) is 35.0 Å². The number of rotatable bonds is 3. The lowest BCUT2D eigenvalue weighted by Crippen LogP contribution is -2.43. The fourth-order valence-corrected chi connectivity index (χ4v) is 2.90. The van der Waals surface area contributed by atoms with Crippen molar-refractivity contribution < 1.29 is 14.7 Å². The zero-order valence-corrected chi connectivity index (χ0v) is 12.3. The van der Waals surface area contributed by atoms with E-state index in [9.17, 15) is 9.59 Å². The van der Waals surface area contributed by atoms with Crippen LogP contribution in [0.1, 0.15) is 18.4 Å². The molecule has 1 fully saturated rings. The molecule has 1 saturated heterocycles. The number of likely N-dealkylation sites (tertiary alicyclic amines) is 1. The highest BCUT2D eigenvalue weighted by molar-refractivity contribution is 6.36. The average Bonchev–Trinajstić information content (AvgIpc) is 2.43. The second-order valence-corrected chi connectivity index (χ2v) is 5.71. The molecule has 4 nitrogen and oxygen atoms in total. The molecule has 0 radical (unpaired) electrons. The fraction of sp³-hybridized carbons (Fsp3) is 0.429. The highest BCUT2D eigenvalue weighted by Crippen LogP contribution is 2.26. The number of carboxylic acid groups (broad SMARTS) is 1. The third-order valence-electron chi connectivity index (χ3n) is 3.51. The number of piperidine rings is 1. The van der Waals surface area contributed by atoms with Crippen LogP contribution < -0.4 is 0 Å². The molecule has 1 unspecified atom stereocenters. The largest absolute Gasteiger partial charge is 0.481 e. The van der Waals surface area contributed by atoms with Crippen LogP contribution >= 0.6 is 23.2 Å². The number of carboxylic acids is 1. The van der Waals surface area contributed by atoms with Gasteiger partial charge in [-0.25, -0.2) is 0 Å². The van der Waals surface area contributed by atoms with Crippen molar-refractivity contribution in [3.05, 3.63) is 33.8 Å². The summed E-state index contributed by atoms with van der Waals surface area (Å²) >= 11 is 12.1. The van der Waals surface area contributed by atoms with Crippen LogP contribution in [0.3, 0.4) is 0 Å². The van der Waals surface area contributed by atoms with Gasteiger partial charge >= 0.3 is 5.97 Å². The first-order chi connectivity index (χ1) is 9.49. The van der Waals surface area contributed by atoms with E-state index in [1.165, 1.54) is 0 Å². The molecule has 1 N–H and O–H groups in total. The monoisotopic (exact) mass is 315 g/mol. The Morgan fingerprint density at radius 1 is 1.30 bits per heavy atom. The van der Waals surface area contributed by atoms with Gasteiger partial charge in [0.1, 0.15) is 0 Å². The predicted molar refractivity (Wildman–Crippen MR) is 77.1 cm³/mol. The molecule has 0 saturated carbocycles. The first-order valence-electron chi connectivity index (χ1n) is 6.42. The molecule has 1 aliphatic heterocycles. The van der Waals surface area contributed by atoms with Gasteiger partial charge in [0.15, 0.2) is 0 Å². The van der Waals surface area contributed by atoms with E-state index in [1.807, 2.05) is 0 Å².